The first-order valence-corrected chi connectivity index (χ1v) is 14.2. The molecule has 1 amide bonds. The number of nitrogens with one attached hydrogen (secondary N) is 1. The molecule has 3 aromatic rings. The summed E-state index contributed by atoms with van der Waals surface area (Å²) >= 11 is 0. The molecule has 12 nitrogen and oxygen atoms in total. The van der Waals surface area contributed by atoms with Gasteiger partial charge >= 0.3 is 0 Å². The molecule has 1 aromatic heterocycles. The molecule has 0 unspecified atom stereocenters. The van der Waals surface area contributed by atoms with Crippen LogP contribution < -0.4 is 14.8 Å². The van der Waals surface area contributed by atoms with Gasteiger partial charge in [-0.15, -0.1) is 0 Å². The van der Waals surface area contributed by atoms with Gasteiger partial charge in [0.05, 0.1) is 18.7 Å². The predicted octanol–water partition coefficient (Wildman–Crippen LogP) is 2.25. The molecule has 2 fully saturated rings. The van der Waals surface area contributed by atoms with E-state index in [0.717, 1.165) is 11.4 Å². The van der Waals surface area contributed by atoms with Crippen LogP contribution in [0.15, 0.2) is 48.8 Å². The van der Waals surface area contributed by atoms with Crippen LogP contribution in [0, 0.1) is 11.3 Å². The van der Waals surface area contributed by atoms with Crippen molar-refractivity contribution < 1.29 is 33.3 Å². The number of amides is 1. The first-order valence-electron chi connectivity index (χ1n) is 14.2. The molecule has 2 aromatic carbocycles. The van der Waals surface area contributed by atoms with Crippen molar-refractivity contribution in [1.29, 1.82) is 5.26 Å². The van der Waals surface area contributed by atoms with E-state index in [1.807, 2.05) is 11.9 Å². The second-order valence-corrected chi connectivity index (χ2v) is 10.8. The molecule has 0 bridgehead atoms. The lowest BCUT2D eigenvalue weighted by Crippen LogP contribution is -2.52. The second-order valence-electron chi connectivity index (χ2n) is 10.8. The molecule has 3 N–H and O–H groups in total. The van der Waals surface area contributed by atoms with E-state index in [0.29, 0.717) is 35.8 Å². The van der Waals surface area contributed by atoms with Crippen LogP contribution in [0.1, 0.15) is 18.4 Å². The zero-order valence-electron chi connectivity index (χ0n) is 24.0. The van der Waals surface area contributed by atoms with Crippen LogP contribution in [0.3, 0.4) is 0 Å². The highest BCUT2D eigenvalue weighted by molar-refractivity contribution is 5.81. The summed E-state index contributed by atoms with van der Waals surface area (Å²) in [6.45, 7) is 0.212. The lowest BCUT2D eigenvalue weighted by Gasteiger charge is -2.35. The number of anilines is 2. The standard InChI is InChI=1S/C30H33F2N7O5/c1-38-10-8-26(22(31)14-38)43-21-5-3-20(4-6-21)36-30-35-17-34-28(37-30)18-2-7-25(19(12-18)13-33)44-27-9-11-39(15-23(27)32)29(42)24(41)16-40/h2-7,12,17,22-24,26-27,40-41H,8-11,14-16H2,1H3,(H,34,35,36,37)/t22-,23-,24-,26-,27-/m0/s1. The third-order valence-electron chi connectivity index (χ3n) is 7.54. The first-order chi connectivity index (χ1) is 21.2. The molecule has 3 heterocycles. The highest BCUT2D eigenvalue weighted by Gasteiger charge is 2.35. The highest BCUT2D eigenvalue weighted by Crippen LogP contribution is 2.29. The minimum Gasteiger partial charge on any atom is -0.487 e. The van der Waals surface area contributed by atoms with Crippen LogP contribution in [-0.2, 0) is 4.79 Å². The van der Waals surface area contributed by atoms with Gasteiger partial charge < -0.3 is 34.8 Å². The fraction of sp³-hybridized carbons (Fsp3) is 0.433. The number of hydrogen-bond donors (Lipinski definition) is 3. The fourth-order valence-corrected chi connectivity index (χ4v) is 5.11. The van der Waals surface area contributed by atoms with Crippen LogP contribution in [-0.4, -0.2) is 111 Å². The minimum atomic E-state index is -1.59. The van der Waals surface area contributed by atoms with E-state index in [4.69, 9.17) is 14.6 Å². The van der Waals surface area contributed by atoms with E-state index in [9.17, 15) is 23.9 Å². The summed E-state index contributed by atoms with van der Waals surface area (Å²) in [5, 5.41) is 31.4. The normalized spacial score (nSPS) is 23.0. The molecule has 44 heavy (non-hydrogen) atoms. The summed E-state index contributed by atoms with van der Waals surface area (Å²) in [5.41, 5.74) is 1.34. The molecular weight excluding hydrogens is 576 g/mol. The monoisotopic (exact) mass is 609 g/mol. The molecule has 0 spiro atoms. The van der Waals surface area contributed by atoms with Gasteiger partial charge in [0.25, 0.3) is 5.91 Å². The van der Waals surface area contributed by atoms with E-state index in [-0.39, 0.29) is 36.8 Å². The number of piperidine rings is 2. The van der Waals surface area contributed by atoms with Gasteiger partial charge in [-0.05, 0) is 55.9 Å². The third kappa shape index (κ3) is 7.36. The van der Waals surface area contributed by atoms with Gasteiger partial charge in [-0.25, -0.2) is 18.7 Å². The predicted molar refractivity (Wildman–Crippen MR) is 155 cm³/mol. The number of nitriles is 1. The second kappa shape index (κ2) is 13.9. The molecule has 0 aliphatic carbocycles. The maximum Gasteiger partial charge on any atom is 0.253 e. The highest BCUT2D eigenvalue weighted by atomic mass is 19.1. The Hall–Kier alpha value is -4.45. The average Bonchev–Trinajstić information content (AvgIpc) is 3.03. The summed E-state index contributed by atoms with van der Waals surface area (Å²) in [5.74, 6) is 0.545. The molecule has 0 radical (unpaired) electrons. The lowest BCUT2D eigenvalue weighted by atomic mass is 10.0. The lowest BCUT2D eigenvalue weighted by molar-refractivity contribution is -0.146. The summed E-state index contributed by atoms with van der Waals surface area (Å²) in [6.07, 6.45) is -3.51. The first kappa shape index (κ1) is 31.0. The Balaban J connectivity index is 1.21. The van der Waals surface area contributed by atoms with Crippen molar-refractivity contribution in [2.45, 2.75) is 43.5 Å². The van der Waals surface area contributed by atoms with Crippen LogP contribution >= 0.6 is 0 Å². The number of rotatable bonds is 9. The van der Waals surface area contributed by atoms with E-state index in [2.05, 4.69) is 26.3 Å². The van der Waals surface area contributed by atoms with Crippen molar-refractivity contribution in [1.82, 2.24) is 24.8 Å². The number of benzene rings is 2. The van der Waals surface area contributed by atoms with Crippen LogP contribution in [0.25, 0.3) is 11.4 Å². The van der Waals surface area contributed by atoms with Crippen molar-refractivity contribution in [3.63, 3.8) is 0 Å². The van der Waals surface area contributed by atoms with Crippen LogP contribution in [0.5, 0.6) is 11.5 Å². The van der Waals surface area contributed by atoms with Gasteiger partial charge in [0.2, 0.25) is 5.95 Å². The third-order valence-corrected chi connectivity index (χ3v) is 7.54. The maximum absolute atomic E-state index is 14.9. The Morgan fingerprint density at radius 2 is 1.82 bits per heavy atom. The van der Waals surface area contributed by atoms with E-state index in [1.165, 1.54) is 18.5 Å². The number of carbonyl (C=O) groups excluding carboxylic acids is 1. The molecule has 14 heteroatoms. The molecule has 5 rings (SSSR count). The molecule has 2 aliphatic rings. The molecular formula is C30H33F2N7O5. The van der Waals surface area contributed by atoms with Crippen LogP contribution in [0.4, 0.5) is 20.4 Å². The smallest absolute Gasteiger partial charge is 0.253 e. The Bertz CT molecular complexity index is 1490. The number of carbonyl (C=O) groups is 1. The number of alkyl halides is 2. The maximum atomic E-state index is 14.9. The van der Waals surface area contributed by atoms with Crippen molar-refractivity contribution in [3.05, 3.63) is 54.4 Å². The zero-order chi connectivity index (χ0) is 31.2. The SMILES string of the molecule is CN1CC[C@H](Oc2ccc(Nc3ncnc(-c4ccc(O[C@H]5CCN(C(=O)[C@@H](O)CO)C[C@@H]5F)c(C#N)c4)n3)cc2)[C@@H](F)C1. The van der Waals surface area contributed by atoms with Gasteiger partial charge in [-0.1, -0.05) is 0 Å². The van der Waals surface area contributed by atoms with Crippen molar-refractivity contribution in [2.75, 3.05) is 45.2 Å². The van der Waals surface area contributed by atoms with Gasteiger partial charge in [0.1, 0.15) is 42.3 Å². The minimum absolute atomic E-state index is 0.133. The quantitative estimate of drug-likeness (QED) is 0.327. The Kier molecular flexibility index (Phi) is 9.78. The Morgan fingerprint density at radius 1 is 1.09 bits per heavy atom. The number of ether oxygens (including phenoxy) is 2. The van der Waals surface area contributed by atoms with Gasteiger partial charge in [0, 0.05) is 37.3 Å². The van der Waals surface area contributed by atoms with Crippen LogP contribution in [0.2, 0.25) is 0 Å². The molecule has 2 saturated heterocycles. The summed E-state index contributed by atoms with van der Waals surface area (Å²) < 4.78 is 40.9. The topological polar surface area (TPSA) is 157 Å². The summed E-state index contributed by atoms with van der Waals surface area (Å²) in [7, 11) is 1.89. The summed E-state index contributed by atoms with van der Waals surface area (Å²) in [4.78, 5) is 28.0. The summed E-state index contributed by atoms with van der Waals surface area (Å²) in [6, 6.07) is 13.8. The number of aromatic nitrogens is 3. The molecule has 0 saturated carbocycles. The number of aliphatic hydroxyl groups excluding tert-OH is 2. The molecule has 5 atom stereocenters. The van der Waals surface area contributed by atoms with Gasteiger partial charge in [-0.3, -0.25) is 4.79 Å². The zero-order valence-corrected chi connectivity index (χ0v) is 24.0. The largest absolute Gasteiger partial charge is 0.487 e. The Morgan fingerprint density at radius 3 is 2.52 bits per heavy atom. The van der Waals surface area contributed by atoms with Crippen molar-refractivity contribution >= 4 is 17.5 Å². The van der Waals surface area contributed by atoms with Gasteiger partial charge in [-0.2, -0.15) is 10.2 Å². The van der Waals surface area contributed by atoms with E-state index >= 15 is 0 Å². The molecule has 2 aliphatic heterocycles. The van der Waals surface area contributed by atoms with Gasteiger partial charge in [0.15, 0.2) is 18.1 Å². The van der Waals surface area contributed by atoms with E-state index in [1.54, 1.807) is 30.3 Å². The molecule has 232 valence electrons. The number of halogens is 2. The van der Waals surface area contributed by atoms with Crippen molar-refractivity contribution in [3.8, 4) is 29.0 Å². The van der Waals surface area contributed by atoms with Crippen molar-refractivity contribution in [2.24, 2.45) is 0 Å². The van der Waals surface area contributed by atoms with E-state index < -0.39 is 43.2 Å². The number of hydrogen-bond acceptors (Lipinski definition) is 11. The number of likely N-dealkylation sites (tertiary alicyclic amines) is 2. The number of nitrogens with zero attached hydrogens (tertiary/aromatic N) is 6. The fourth-order valence-electron chi connectivity index (χ4n) is 5.11. The Labute approximate surface area is 252 Å². The average molecular weight is 610 g/mol. The number of aliphatic hydroxyl groups is 2.